The Bertz CT molecular complexity index is 632. The number of nitrogens with zero attached hydrogens (tertiary/aromatic N) is 1. The maximum atomic E-state index is 12.9. The van der Waals surface area contributed by atoms with Gasteiger partial charge in [-0.1, -0.05) is 6.92 Å². The number of furan rings is 1. The van der Waals surface area contributed by atoms with Crippen molar-refractivity contribution in [2.45, 2.75) is 37.6 Å². The van der Waals surface area contributed by atoms with Crippen LogP contribution in [0, 0.1) is 6.92 Å². The van der Waals surface area contributed by atoms with Crippen LogP contribution in [0.4, 0.5) is 0 Å². The van der Waals surface area contributed by atoms with Crippen LogP contribution in [0.5, 0.6) is 0 Å². The number of rotatable bonds is 6. The molecule has 0 saturated carbocycles. The highest BCUT2D eigenvalue weighted by atomic mass is 32.2. The molecule has 2 rings (SSSR count). The predicted molar refractivity (Wildman–Crippen MR) is 80.2 cm³/mol. The molecule has 1 atom stereocenters. The Hall–Kier alpha value is -1.38. The van der Waals surface area contributed by atoms with Crippen molar-refractivity contribution in [3.63, 3.8) is 0 Å². The highest BCUT2D eigenvalue weighted by Gasteiger charge is 2.35. The number of hydrogen-bond acceptors (Lipinski definition) is 6. The van der Waals surface area contributed by atoms with Crippen LogP contribution in [0.3, 0.4) is 0 Å². The fraction of sp³-hybridized carbons (Fsp3) is 0.643. The Morgan fingerprint density at radius 1 is 1.55 bits per heavy atom. The first-order chi connectivity index (χ1) is 10.4. The Kier molecular flexibility index (Phi) is 5.25. The summed E-state index contributed by atoms with van der Waals surface area (Å²) in [6.07, 6.45) is 1.50. The van der Waals surface area contributed by atoms with Gasteiger partial charge < -0.3 is 14.5 Å². The molecule has 8 heteroatoms. The zero-order valence-corrected chi connectivity index (χ0v) is 13.9. The number of sulfonamides is 1. The summed E-state index contributed by atoms with van der Waals surface area (Å²) in [5.41, 5.74) is 0. The topological polar surface area (TPSA) is 88.9 Å². The molecule has 2 heterocycles. The van der Waals surface area contributed by atoms with E-state index in [2.05, 4.69) is 10.1 Å². The molecule has 0 bridgehead atoms. The number of esters is 1. The molecule has 0 aliphatic carbocycles. The third-order valence-electron chi connectivity index (χ3n) is 3.73. The zero-order chi connectivity index (χ0) is 16.3. The molecule has 1 fully saturated rings. The maximum Gasteiger partial charge on any atom is 0.373 e. The molecule has 0 aromatic carbocycles. The van der Waals surface area contributed by atoms with Gasteiger partial charge >= 0.3 is 5.97 Å². The van der Waals surface area contributed by atoms with Crippen LogP contribution >= 0.6 is 0 Å². The molecule has 1 unspecified atom stereocenters. The fourth-order valence-electron chi connectivity index (χ4n) is 2.65. The number of hydrogen-bond donors (Lipinski definition) is 1. The SMILES string of the molecule is CCCN(C1CCNC1)S(=O)(=O)c1cc(C(=O)OC)oc1C. The van der Waals surface area contributed by atoms with E-state index in [1.165, 1.54) is 24.4 Å². The standard InChI is InChI=1S/C14H22N2O5S/c1-4-7-16(11-5-6-15-9-11)22(18,19)13-8-12(14(17)20-3)21-10(13)2/h8,11,15H,4-7,9H2,1-3H3. The van der Waals surface area contributed by atoms with Crippen molar-refractivity contribution < 1.29 is 22.4 Å². The van der Waals surface area contributed by atoms with Crippen LogP contribution in [0.2, 0.25) is 0 Å². The molecule has 1 aromatic heterocycles. The van der Waals surface area contributed by atoms with E-state index >= 15 is 0 Å². The predicted octanol–water partition coefficient (Wildman–Crippen LogP) is 1.14. The Morgan fingerprint density at radius 3 is 2.82 bits per heavy atom. The van der Waals surface area contributed by atoms with Crippen molar-refractivity contribution in [1.29, 1.82) is 0 Å². The summed E-state index contributed by atoms with van der Waals surface area (Å²) in [5.74, 6) is -0.582. The van der Waals surface area contributed by atoms with E-state index in [1.807, 2.05) is 6.92 Å². The lowest BCUT2D eigenvalue weighted by Crippen LogP contribution is -2.42. The van der Waals surface area contributed by atoms with E-state index < -0.39 is 16.0 Å². The van der Waals surface area contributed by atoms with Crippen molar-refractivity contribution in [3.05, 3.63) is 17.6 Å². The van der Waals surface area contributed by atoms with Crippen LogP contribution in [-0.2, 0) is 14.8 Å². The monoisotopic (exact) mass is 330 g/mol. The Labute approximate surface area is 130 Å². The largest absolute Gasteiger partial charge is 0.463 e. The van der Waals surface area contributed by atoms with E-state index in [-0.39, 0.29) is 22.5 Å². The first-order valence-electron chi connectivity index (χ1n) is 7.33. The molecular weight excluding hydrogens is 308 g/mol. The minimum atomic E-state index is -3.71. The molecule has 0 spiro atoms. The Morgan fingerprint density at radius 2 is 2.27 bits per heavy atom. The van der Waals surface area contributed by atoms with Gasteiger partial charge in [-0.3, -0.25) is 0 Å². The quantitative estimate of drug-likeness (QED) is 0.787. The van der Waals surface area contributed by atoms with Gasteiger partial charge in [-0.2, -0.15) is 4.31 Å². The van der Waals surface area contributed by atoms with E-state index in [4.69, 9.17) is 4.42 Å². The van der Waals surface area contributed by atoms with E-state index in [0.29, 0.717) is 13.1 Å². The third-order valence-corrected chi connectivity index (χ3v) is 5.79. The van der Waals surface area contributed by atoms with Gasteiger partial charge in [-0.15, -0.1) is 0 Å². The molecule has 7 nitrogen and oxygen atoms in total. The van der Waals surface area contributed by atoms with Gasteiger partial charge in [0, 0.05) is 25.2 Å². The molecule has 0 amide bonds. The Balaban J connectivity index is 2.38. The van der Waals surface area contributed by atoms with Crippen LogP contribution in [0.1, 0.15) is 36.1 Å². The van der Waals surface area contributed by atoms with Gasteiger partial charge in [0.15, 0.2) is 0 Å². The molecule has 0 radical (unpaired) electrons. The lowest BCUT2D eigenvalue weighted by atomic mass is 10.2. The highest BCUT2D eigenvalue weighted by molar-refractivity contribution is 7.89. The number of methoxy groups -OCH3 is 1. The van der Waals surface area contributed by atoms with Gasteiger partial charge in [0.25, 0.3) is 0 Å². The van der Waals surface area contributed by atoms with Crippen LogP contribution in [-0.4, -0.2) is 51.5 Å². The summed E-state index contributed by atoms with van der Waals surface area (Å²) in [6, 6.07) is 1.18. The summed E-state index contributed by atoms with van der Waals surface area (Å²) < 4.78 is 37.2. The van der Waals surface area contributed by atoms with Gasteiger partial charge in [0.2, 0.25) is 15.8 Å². The van der Waals surface area contributed by atoms with Gasteiger partial charge in [0.1, 0.15) is 10.7 Å². The van der Waals surface area contributed by atoms with Crippen LogP contribution in [0.15, 0.2) is 15.4 Å². The van der Waals surface area contributed by atoms with E-state index in [9.17, 15) is 13.2 Å². The second-order valence-corrected chi connectivity index (χ2v) is 7.14. The van der Waals surface area contributed by atoms with Crippen molar-refractivity contribution in [2.75, 3.05) is 26.7 Å². The number of carbonyl (C=O) groups is 1. The average Bonchev–Trinajstić information content (AvgIpc) is 3.13. The van der Waals surface area contributed by atoms with Gasteiger partial charge in [-0.25, -0.2) is 13.2 Å². The summed E-state index contributed by atoms with van der Waals surface area (Å²) in [7, 11) is -2.48. The smallest absolute Gasteiger partial charge is 0.373 e. The lowest BCUT2D eigenvalue weighted by molar-refractivity contribution is 0.0563. The summed E-state index contributed by atoms with van der Waals surface area (Å²) in [6.45, 7) is 5.36. The third kappa shape index (κ3) is 3.18. The summed E-state index contributed by atoms with van der Waals surface area (Å²) >= 11 is 0. The maximum absolute atomic E-state index is 12.9. The molecule has 22 heavy (non-hydrogen) atoms. The minimum absolute atomic E-state index is 0.0354. The molecule has 1 aromatic rings. The first kappa shape index (κ1) is 17.0. The van der Waals surface area contributed by atoms with Crippen molar-refractivity contribution in [2.24, 2.45) is 0 Å². The normalized spacial score (nSPS) is 18.8. The van der Waals surface area contributed by atoms with Gasteiger partial charge in [-0.05, 0) is 26.3 Å². The number of carbonyl (C=O) groups excluding carboxylic acids is 1. The lowest BCUT2D eigenvalue weighted by Gasteiger charge is -2.26. The van der Waals surface area contributed by atoms with E-state index in [1.54, 1.807) is 0 Å². The second kappa shape index (κ2) is 6.80. The molecule has 1 aliphatic heterocycles. The molecule has 1 aliphatic rings. The molecule has 124 valence electrons. The molecular formula is C14H22N2O5S. The average molecular weight is 330 g/mol. The van der Waals surface area contributed by atoms with Gasteiger partial charge in [0.05, 0.1) is 7.11 Å². The highest BCUT2D eigenvalue weighted by Crippen LogP contribution is 2.27. The van der Waals surface area contributed by atoms with Crippen molar-refractivity contribution in [3.8, 4) is 0 Å². The van der Waals surface area contributed by atoms with Crippen molar-refractivity contribution >= 4 is 16.0 Å². The summed E-state index contributed by atoms with van der Waals surface area (Å²) in [5, 5.41) is 3.18. The molecule has 1 N–H and O–H groups in total. The second-order valence-electron chi connectivity index (χ2n) is 5.29. The van der Waals surface area contributed by atoms with E-state index in [0.717, 1.165) is 19.4 Å². The number of ether oxygens (including phenoxy) is 1. The fourth-order valence-corrected chi connectivity index (χ4v) is 4.56. The summed E-state index contributed by atoms with van der Waals surface area (Å²) in [4.78, 5) is 11.6. The molecule has 1 saturated heterocycles. The van der Waals surface area contributed by atoms with Crippen LogP contribution in [0.25, 0.3) is 0 Å². The zero-order valence-electron chi connectivity index (χ0n) is 13.1. The van der Waals surface area contributed by atoms with Crippen molar-refractivity contribution in [1.82, 2.24) is 9.62 Å². The first-order valence-corrected chi connectivity index (χ1v) is 8.77. The van der Waals surface area contributed by atoms with Crippen LogP contribution < -0.4 is 5.32 Å². The number of aryl methyl sites for hydroxylation is 1. The number of nitrogens with one attached hydrogen (secondary N) is 1. The minimum Gasteiger partial charge on any atom is -0.463 e.